The van der Waals surface area contributed by atoms with Crippen LogP contribution in [0.1, 0.15) is 0 Å². The average Bonchev–Trinajstić information content (AvgIpc) is 2.07. The van der Waals surface area contributed by atoms with Crippen molar-refractivity contribution in [2.24, 2.45) is 0 Å². The fraction of sp³-hybridized carbons (Fsp3) is 0.250. The van der Waals surface area contributed by atoms with Gasteiger partial charge >= 0.3 is 0 Å². The molecule has 0 unspecified atom stereocenters. The number of benzene rings is 1. The summed E-state index contributed by atoms with van der Waals surface area (Å²) in [4.78, 5) is 0. The van der Waals surface area contributed by atoms with Crippen LogP contribution in [0.15, 0.2) is 18.2 Å². The maximum atomic E-state index is 11.7. The maximum absolute atomic E-state index is 11.7. The van der Waals surface area contributed by atoms with Crippen molar-refractivity contribution in [3.8, 4) is 11.5 Å². The number of aromatic hydroxyl groups is 1. The van der Waals surface area contributed by atoms with Gasteiger partial charge in [-0.15, -0.1) is 0 Å². The molecule has 0 aliphatic heterocycles. The Morgan fingerprint density at radius 3 is 2.69 bits per heavy atom. The number of halogens is 2. The van der Waals surface area contributed by atoms with E-state index in [0.717, 1.165) is 0 Å². The van der Waals surface area contributed by atoms with E-state index < -0.39 is 13.0 Å². The number of phenols is 1. The molecule has 13 heavy (non-hydrogen) atoms. The molecule has 3 nitrogen and oxygen atoms in total. The largest absolute Gasteiger partial charge is 0.506 e. The van der Waals surface area contributed by atoms with Gasteiger partial charge in [0.25, 0.3) is 6.43 Å². The number of anilines is 1. The molecule has 72 valence electrons. The molecular weight excluding hydrogens is 180 g/mol. The molecule has 5 heteroatoms. The van der Waals surface area contributed by atoms with Crippen LogP contribution in [0, 0.1) is 0 Å². The molecule has 1 rings (SSSR count). The van der Waals surface area contributed by atoms with E-state index in [9.17, 15) is 8.78 Å². The second-order valence-corrected chi connectivity index (χ2v) is 2.42. The lowest BCUT2D eigenvalue weighted by Crippen LogP contribution is -2.06. The average molecular weight is 189 g/mol. The fourth-order valence-electron chi connectivity index (χ4n) is 0.782. The van der Waals surface area contributed by atoms with Crippen LogP contribution in [-0.2, 0) is 0 Å². The van der Waals surface area contributed by atoms with Crippen molar-refractivity contribution in [1.82, 2.24) is 0 Å². The molecule has 0 aromatic heterocycles. The van der Waals surface area contributed by atoms with Crippen molar-refractivity contribution in [3.05, 3.63) is 18.2 Å². The molecule has 0 aliphatic rings. The summed E-state index contributed by atoms with van der Waals surface area (Å²) in [5.41, 5.74) is 5.41. The lowest BCUT2D eigenvalue weighted by atomic mass is 10.3. The first-order chi connectivity index (χ1) is 6.09. The lowest BCUT2D eigenvalue weighted by molar-refractivity contribution is 0.0819. The van der Waals surface area contributed by atoms with Crippen LogP contribution >= 0.6 is 0 Å². The Morgan fingerprint density at radius 1 is 1.46 bits per heavy atom. The SMILES string of the molecule is Nc1cc(OCC(F)F)ccc1O. The highest BCUT2D eigenvalue weighted by molar-refractivity contribution is 5.55. The quantitative estimate of drug-likeness (QED) is 0.561. The van der Waals surface area contributed by atoms with Gasteiger partial charge in [-0.25, -0.2) is 8.78 Å². The molecule has 0 amide bonds. The second-order valence-electron chi connectivity index (χ2n) is 2.42. The molecule has 0 aliphatic carbocycles. The summed E-state index contributed by atoms with van der Waals surface area (Å²) >= 11 is 0. The van der Waals surface area contributed by atoms with Gasteiger partial charge in [-0.3, -0.25) is 0 Å². The normalized spacial score (nSPS) is 10.4. The highest BCUT2D eigenvalue weighted by Gasteiger charge is 2.04. The predicted molar refractivity (Wildman–Crippen MR) is 44.0 cm³/mol. The van der Waals surface area contributed by atoms with Gasteiger partial charge in [0.1, 0.15) is 18.1 Å². The van der Waals surface area contributed by atoms with E-state index in [1.165, 1.54) is 18.2 Å². The fourth-order valence-corrected chi connectivity index (χ4v) is 0.782. The molecule has 3 N–H and O–H groups in total. The van der Waals surface area contributed by atoms with E-state index in [-0.39, 0.29) is 17.2 Å². The van der Waals surface area contributed by atoms with Crippen LogP contribution in [0.5, 0.6) is 11.5 Å². The van der Waals surface area contributed by atoms with Gasteiger partial charge < -0.3 is 15.6 Å². The van der Waals surface area contributed by atoms with Gasteiger partial charge in [-0.05, 0) is 12.1 Å². The van der Waals surface area contributed by atoms with Crippen molar-refractivity contribution in [3.63, 3.8) is 0 Å². The third-order valence-electron chi connectivity index (χ3n) is 1.37. The Hall–Kier alpha value is -1.52. The molecule has 0 saturated heterocycles. The van der Waals surface area contributed by atoms with Crippen molar-refractivity contribution < 1.29 is 18.6 Å². The summed E-state index contributed by atoms with van der Waals surface area (Å²) in [7, 11) is 0. The van der Waals surface area contributed by atoms with E-state index in [4.69, 9.17) is 10.8 Å². The number of hydrogen-bond donors (Lipinski definition) is 2. The summed E-state index contributed by atoms with van der Waals surface area (Å²) < 4.78 is 28.1. The minimum absolute atomic E-state index is 0.0932. The number of rotatable bonds is 3. The first-order valence-electron chi connectivity index (χ1n) is 3.59. The molecule has 0 fully saturated rings. The third kappa shape index (κ3) is 2.77. The van der Waals surface area contributed by atoms with Gasteiger partial charge in [0, 0.05) is 6.07 Å². The number of nitrogen functional groups attached to an aromatic ring is 1. The highest BCUT2D eigenvalue weighted by atomic mass is 19.3. The third-order valence-corrected chi connectivity index (χ3v) is 1.37. The van der Waals surface area contributed by atoms with Crippen LogP contribution < -0.4 is 10.5 Å². The molecule has 0 radical (unpaired) electrons. The zero-order valence-corrected chi connectivity index (χ0v) is 6.71. The van der Waals surface area contributed by atoms with Crippen LogP contribution in [0.2, 0.25) is 0 Å². The first kappa shape index (κ1) is 9.57. The summed E-state index contributed by atoms with van der Waals surface area (Å²) in [5.74, 6) is 0.125. The van der Waals surface area contributed by atoms with Gasteiger partial charge in [0.05, 0.1) is 5.69 Å². The molecule has 0 spiro atoms. The molecule has 1 aromatic rings. The van der Waals surface area contributed by atoms with E-state index in [1.54, 1.807) is 0 Å². The van der Waals surface area contributed by atoms with E-state index >= 15 is 0 Å². The number of phenolic OH excluding ortho intramolecular Hbond substituents is 1. The molecule has 0 atom stereocenters. The minimum Gasteiger partial charge on any atom is -0.506 e. The second kappa shape index (κ2) is 3.93. The summed E-state index contributed by atoms with van der Waals surface area (Å²) in [5, 5.41) is 8.99. The Balaban J connectivity index is 2.63. The van der Waals surface area contributed by atoms with Gasteiger partial charge in [-0.2, -0.15) is 0 Å². The lowest BCUT2D eigenvalue weighted by Gasteiger charge is -2.06. The molecule has 0 saturated carbocycles. The Kier molecular flexibility index (Phi) is 2.89. The van der Waals surface area contributed by atoms with Crippen molar-refractivity contribution in [2.75, 3.05) is 12.3 Å². The maximum Gasteiger partial charge on any atom is 0.272 e. The Morgan fingerprint density at radius 2 is 2.15 bits per heavy atom. The standard InChI is InChI=1S/C8H9F2NO2/c9-8(10)4-13-5-1-2-7(12)6(11)3-5/h1-3,8,12H,4,11H2. The van der Waals surface area contributed by atoms with Crippen molar-refractivity contribution in [2.45, 2.75) is 6.43 Å². The van der Waals surface area contributed by atoms with Crippen LogP contribution in [-0.4, -0.2) is 18.1 Å². The number of alkyl halides is 2. The topological polar surface area (TPSA) is 55.5 Å². The van der Waals surface area contributed by atoms with Gasteiger partial charge in [-0.1, -0.05) is 0 Å². The number of nitrogens with two attached hydrogens (primary N) is 1. The van der Waals surface area contributed by atoms with Crippen molar-refractivity contribution in [1.29, 1.82) is 0 Å². The molecule has 0 heterocycles. The highest BCUT2D eigenvalue weighted by Crippen LogP contribution is 2.24. The smallest absolute Gasteiger partial charge is 0.272 e. The predicted octanol–water partition coefficient (Wildman–Crippen LogP) is 1.62. The Bertz CT molecular complexity index is 291. The molecule has 1 aromatic carbocycles. The Labute approximate surface area is 73.7 Å². The summed E-state index contributed by atoms with van der Waals surface area (Å²) in [6.07, 6.45) is -2.52. The minimum atomic E-state index is -2.52. The first-order valence-corrected chi connectivity index (χ1v) is 3.59. The molecule has 0 bridgehead atoms. The molecular formula is C8H9F2NO2. The summed E-state index contributed by atoms with van der Waals surface area (Å²) in [6, 6.07) is 3.95. The monoisotopic (exact) mass is 189 g/mol. The van der Waals surface area contributed by atoms with E-state index in [2.05, 4.69) is 4.74 Å². The summed E-state index contributed by atoms with van der Waals surface area (Å²) in [6.45, 7) is -0.676. The van der Waals surface area contributed by atoms with Gasteiger partial charge in [0.2, 0.25) is 0 Å². The number of hydrogen-bond acceptors (Lipinski definition) is 3. The van der Waals surface area contributed by atoms with Crippen LogP contribution in [0.4, 0.5) is 14.5 Å². The van der Waals surface area contributed by atoms with Crippen LogP contribution in [0.3, 0.4) is 0 Å². The number of ether oxygens (including phenoxy) is 1. The van der Waals surface area contributed by atoms with Crippen LogP contribution in [0.25, 0.3) is 0 Å². The van der Waals surface area contributed by atoms with Gasteiger partial charge in [0.15, 0.2) is 0 Å². The van der Waals surface area contributed by atoms with Crippen molar-refractivity contribution >= 4 is 5.69 Å². The zero-order chi connectivity index (χ0) is 9.84. The van der Waals surface area contributed by atoms with E-state index in [0.29, 0.717) is 0 Å². The van der Waals surface area contributed by atoms with E-state index in [1.807, 2.05) is 0 Å². The zero-order valence-electron chi connectivity index (χ0n) is 6.71.